The Morgan fingerprint density at radius 1 is 1.69 bits per heavy atom. The monoisotopic (exact) mass is 285 g/mol. The lowest BCUT2D eigenvalue weighted by molar-refractivity contribution is 0.285. The van der Waals surface area contributed by atoms with E-state index in [1.807, 2.05) is 0 Å². The van der Waals surface area contributed by atoms with Crippen molar-refractivity contribution in [2.24, 2.45) is 0 Å². The van der Waals surface area contributed by atoms with E-state index in [9.17, 15) is 8.42 Å². The molecule has 0 unspecified atom stereocenters. The van der Waals surface area contributed by atoms with Crippen LogP contribution in [0.5, 0.6) is 0 Å². The van der Waals surface area contributed by atoms with Gasteiger partial charge in [0.1, 0.15) is 4.90 Å². The van der Waals surface area contributed by atoms with E-state index in [2.05, 4.69) is 20.7 Å². The molecule has 0 atom stereocenters. The van der Waals surface area contributed by atoms with E-state index in [0.717, 1.165) is 0 Å². The predicted octanol–water partition coefficient (Wildman–Crippen LogP) is 0.911. The maximum Gasteiger partial charge on any atom is 0.242 e. The fourth-order valence-corrected chi connectivity index (χ4v) is 4.03. The fourth-order valence-electron chi connectivity index (χ4n) is 0.769. The molecule has 1 rings (SSSR count). The van der Waals surface area contributed by atoms with Gasteiger partial charge < -0.3 is 5.11 Å². The predicted molar refractivity (Wildman–Crippen MR) is 54.2 cm³/mol. The molecule has 0 saturated heterocycles. The largest absolute Gasteiger partial charge is 0.391 e. The minimum Gasteiger partial charge on any atom is -0.391 e. The van der Waals surface area contributed by atoms with Crippen LogP contribution in [0.25, 0.3) is 0 Å². The molecular formula is C6H8BrNO3S2. The van der Waals surface area contributed by atoms with Crippen LogP contribution in [0.15, 0.2) is 14.7 Å². The molecule has 0 aliphatic carbocycles. The third-order valence-corrected chi connectivity index (χ3v) is 5.07. The van der Waals surface area contributed by atoms with Gasteiger partial charge in [-0.05, 0) is 29.0 Å². The molecule has 1 heterocycles. The third kappa shape index (κ3) is 2.29. The molecule has 0 spiro atoms. The summed E-state index contributed by atoms with van der Waals surface area (Å²) in [7, 11) is -2.07. The van der Waals surface area contributed by atoms with Crippen LogP contribution in [0.3, 0.4) is 0 Å². The van der Waals surface area contributed by atoms with Crippen molar-refractivity contribution in [2.45, 2.75) is 11.5 Å². The summed E-state index contributed by atoms with van der Waals surface area (Å²) in [5.41, 5.74) is 0. The summed E-state index contributed by atoms with van der Waals surface area (Å²) in [6, 6.07) is 1.45. The summed E-state index contributed by atoms with van der Waals surface area (Å²) in [6.07, 6.45) is 0. The molecule has 0 radical (unpaired) electrons. The molecule has 13 heavy (non-hydrogen) atoms. The van der Waals surface area contributed by atoms with Gasteiger partial charge >= 0.3 is 0 Å². The molecule has 2 N–H and O–H groups in total. The Balaban J connectivity index is 3.23. The first-order valence-corrected chi connectivity index (χ1v) is 6.43. The zero-order valence-electron chi connectivity index (χ0n) is 6.74. The summed E-state index contributed by atoms with van der Waals surface area (Å²) < 4.78 is 25.4. The number of sulfonamides is 1. The first-order chi connectivity index (χ1) is 6.01. The molecule has 4 nitrogen and oxygen atoms in total. The molecule has 0 bridgehead atoms. The van der Waals surface area contributed by atoms with Crippen molar-refractivity contribution in [3.63, 3.8) is 0 Å². The minimum absolute atomic E-state index is 0.150. The Kier molecular flexibility index (Phi) is 3.47. The topological polar surface area (TPSA) is 66.4 Å². The number of halogens is 1. The molecule has 0 aliphatic heterocycles. The average Bonchev–Trinajstić information content (AvgIpc) is 2.47. The second-order valence-electron chi connectivity index (χ2n) is 2.22. The van der Waals surface area contributed by atoms with Crippen LogP contribution in [-0.2, 0) is 16.6 Å². The first-order valence-electron chi connectivity index (χ1n) is 3.34. The van der Waals surface area contributed by atoms with Gasteiger partial charge in [0, 0.05) is 4.88 Å². The number of nitrogens with one attached hydrogen (secondary N) is 1. The molecule has 0 aliphatic rings. The number of rotatable bonds is 3. The molecular weight excluding hydrogens is 278 g/mol. The molecule has 1 aromatic rings. The van der Waals surface area contributed by atoms with E-state index in [1.54, 1.807) is 0 Å². The summed E-state index contributed by atoms with van der Waals surface area (Å²) in [5, 5.41) is 8.79. The highest BCUT2D eigenvalue weighted by atomic mass is 79.9. The van der Waals surface area contributed by atoms with Crippen LogP contribution in [0, 0.1) is 0 Å². The maximum absolute atomic E-state index is 11.3. The smallest absolute Gasteiger partial charge is 0.242 e. The normalized spacial score (nSPS) is 11.9. The minimum atomic E-state index is -3.42. The van der Waals surface area contributed by atoms with Gasteiger partial charge in [-0.15, -0.1) is 11.3 Å². The molecule has 0 aromatic carbocycles. The van der Waals surface area contributed by atoms with Crippen LogP contribution in [0.1, 0.15) is 4.88 Å². The molecule has 0 fully saturated rings. The van der Waals surface area contributed by atoms with Crippen molar-refractivity contribution in [2.75, 3.05) is 7.05 Å². The quantitative estimate of drug-likeness (QED) is 0.868. The van der Waals surface area contributed by atoms with Crippen LogP contribution >= 0.6 is 27.3 Å². The number of hydrogen-bond donors (Lipinski definition) is 2. The highest BCUT2D eigenvalue weighted by molar-refractivity contribution is 9.11. The van der Waals surface area contributed by atoms with E-state index >= 15 is 0 Å². The molecule has 0 amide bonds. The van der Waals surface area contributed by atoms with Gasteiger partial charge in [0.2, 0.25) is 10.0 Å². The highest BCUT2D eigenvalue weighted by Crippen LogP contribution is 2.31. The number of hydrogen-bond acceptors (Lipinski definition) is 4. The van der Waals surface area contributed by atoms with Crippen molar-refractivity contribution in [1.82, 2.24) is 4.72 Å². The average molecular weight is 286 g/mol. The van der Waals surface area contributed by atoms with Crippen LogP contribution in [-0.4, -0.2) is 20.6 Å². The van der Waals surface area contributed by atoms with E-state index < -0.39 is 10.0 Å². The summed E-state index contributed by atoms with van der Waals surface area (Å²) in [6.45, 7) is -0.150. The lowest BCUT2D eigenvalue weighted by atomic mass is 10.5. The van der Waals surface area contributed by atoms with Crippen molar-refractivity contribution >= 4 is 37.3 Å². The van der Waals surface area contributed by atoms with E-state index in [0.29, 0.717) is 8.66 Å². The Morgan fingerprint density at radius 3 is 2.69 bits per heavy atom. The van der Waals surface area contributed by atoms with E-state index in [-0.39, 0.29) is 11.5 Å². The Hall–Kier alpha value is 0.0500. The van der Waals surface area contributed by atoms with Gasteiger partial charge in [0.05, 0.1) is 10.4 Å². The lowest BCUT2D eigenvalue weighted by Crippen LogP contribution is -2.18. The highest BCUT2D eigenvalue weighted by Gasteiger charge is 2.18. The first kappa shape index (κ1) is 11.1. The van der Waals surface area contributed by atoms with Gasteiger partial charge in [0.15, 0.2) is 0 Å². The van der Waals surface area contributed by atoms with Gasteiger partial charge in [-0.2, -0.15) is 0 Å². The summed E-state index contributed by atoms with van der Waals surface area (Å²) in [4.78, 5) is 0.782. The van der Waals surface area contributed by atoms with Crippen LogP contribution < -0.4 is 4.72 Å². The standard InChI is InChI=1S/C6H8BrNO3S2/c1-8-13(10,11)5-2-4(3-9)12-6(5)7/h2,8-9H,3H2,1H3. The molecule has 0 saturated carbocycles. The van der Waals surface area contributed by atoms with E-state index in [1.165, 1.54) is 24.5 Å². The fraction of sp³-hybridized carbons (Fsp3) is 0.333. The molecule has 1 aromatic heterocycles. The molecule has 7 heteroatoms. The zero-order valence-corrected chi connectivity index (χ0v) is 9.96. The Labute approximate surface area is 88.8 Å². The Bertz CT molecular complexity index is 398. The van der Waals surface area contributed by atoms with Gasteiger partial charge in [-0.3, -0.25) is 0 Å². The van der Waals surface area contributed by atoms with Gasteiger partial charge in [-0.1, -0.05) is 0 Å². The van der Waals surface area contributed by atoms with Gasteiger partial charge in [-0.25, -0.2) is 13.1 Å². The van der Waals surface area contributed by atoms with Gasteiger partial charge in [0.25, 0.3) is 0 Å². The van der Waals surface area contributed by atoms with Crippen molar-refractivity contribution < 1.29 is 13.5 Å². The third-order valence-electron chi connectivity index (χ3n) is 1.42. The number of aliphatic hydroxyl groups excluding tert-OH is 1. The number of aliphatic hydroxyl groups is 1. The Morgan fingerprint density at radius 2 is 2.31 bits per heavy atom. The second kappa shape index (κ2) is 4.05. The maximum atomic E-state index is 11.3. The SMILES string of the molecule is CNS(=O)(=O)c1cc(CO)sc1Br. The lowest BCUT2D eigenvalue weighted by Gasteiger charge is -1.98. The zero-order chi connectivity index (χ0) is 10.1. The number of thiophene rings is 1. The van der Waals surface area contributed by atoms with Crippen molar-refractivity contribution in [1.29, 1.82) is 0 Å². The summed E-state index contributed by atoms with van der Waals surface area (Å²) in [5.74, 6) is 0. The molecule has 74 valence electrons. The van der Waals surface area contributed by atoms with Crippen molar-refractivity contribution in [3.8, 4) is 0 Å². The summed E-state index contributed by atoms with van der Waals surface area (Å²) >= 11 is 4.33. The van der Waals surface area contributed by atoms with Crippen molar-refractivity contribution in [3.05, 3.63) is 14.7 Å². The second-order valence-corrected chi connectivity index (χ2v) is 6.53. The van der Waals surface area contributed by atoms with Crippen LogP contribution in [0.2, 0.25) is 0 Å². The van der Waals surface area contributed by atoms with Crippen LogP contribution in [0.4, 0.5) is 0 Å². The van der Waals surface area contributed by atoms with E-state index in [4.69, 9.17) is 5.11 Å².